The van der Waals surface area contributed by atoms with Crippen LogP contribution in [0.15, 0.2) is 0 Å². The summed E-state index contributed by atoms with van der Waals surface area (Å²) in [5.74, 6) is -0.393. The van der Waals surface area contributed by atoms with E-state index in [0.717, 1.165) is 0 Å². The number of aliphatic carboxylic acids is 1. The van der Waals surface area contributed by atoms with E-state index in [2.05, 4.69) is 5.32 Å². The van der Waals surface area contributed by atoms with E-state index in [9.17, 15) is 9.59 Å². The third kappa shape index (κ3) is 1.91. The van der Waals surface area contributed by atoms with Crippen LogP contribution in [0.2, 0.25) is 0 Å². The third-order valence-electron chi connectivity index (χ3n) is 4.94. The summed E-state index contributed by atoms with van der Waals surface area (Å²) in [6.45, 7) is 3.75. The molecule has 0 heterocycles. The summed E-state index contributed by atoms with van der Waals surface area (Å²) in [5.41, 5.74) is -0.381. The second kappa shape index (κ2) is 3.72. The molecule has 18 heavy (non-hydrogen) atoms. The molecule has 3 saturated carbocycles. The average Bonchev–Trinajstić information content (AvgIpc) is 3.11. The Labute approximate surface area is 107 Å². The highest BCUT2D eigenvalue weighted by Gasteiger charge is 2.66. The van der Waals surface area contributed by atoms with Crippen LogP contribution in [0, 0.1) is 29.1 Å². The van der Waals surface area contributed by atoms with Gasteiger partial charge in [0.15, 0.2) is 0 Å². The zero-order valence-electron chi connectivity index (χ0n) is 11.0. The topological polar surface area (TPSA) is 66.4 Å². The summed E-state index contributed by atoms with van der Waals surface area (Å²) >= 11 is 0. The minimum atomic E-state index is -0.838. The lowest BCUT2D eigenvalue weighted by Gasteiger charge is -2.18. The molecule has 2 atom stereocenters. The van der Waals surface area contributed by atoms with Crippen molar-refractivity contribution in [1.82, 2.24) is 5.32 Å². The maximum absolute atomic E-state index is 12.2. The predicted octanol–water partition coefficient (Wildman–Crippen LogP) is 1.65. The Morgan fingerprint density at radius 2 is 1.61 bits per heavy atom. The van der Waals surface area contributed by atoms with E-state index in [1.165, 1.54) is 25.7 Å². The molecule has 4 heteroatoms. The maximum Gasteiger partial charge on any atom is 0.307 e. The number of carboxylic acid groups (broad SMARTS) is 1. The molecule has 0 unspecified atom stereocenters. The van der Waals surface area contributed by atoms with E-state index in [1.807, 2.05) is 13.8 Å². The number of rotatable bonds is 5. The van der Waals surface area contributed by atoms with Gasteiger partial charge in [-0.3, -0.25) is 9.59 Å². The number of carbonyl (C=O) groups is 2. The van der Waals surface area contributed by atoms with Crippen LogP contribution in [0.1, 0.15) is 39.5 Å². The SMILES string of the molecule is CC1(C)[C@H](C(=O)O)[C@@H]1C(=O)NC(C1CC1)C1CC1. The first-order valence-corrected chi connectivity index (χ1v) is 6.96. The van der Waals surface area contributed by atoms with Gasteiger partial charge in [0, 0.05) is 6.04 Å². The molecule has 0 spiro atoms. The first kappa shape index (κ1) is 12.0. The molecular weight excluding hydrogens is 230 g/mol. The molecule has 4 nitrogen and oxygen atoms in total. The molecule has 3 rings (SSSR count). The summed E-state index contributed by atoms with van der Waals surface area (Å²) in [7, 11) is 0. The maximum atomic E-state index is 12.2. The van der Waals surface area contributed by atoms with Crippen LogP contribution >= 0.6 is 0 Å². The van der Waals surface area contributed by atoms with Crippen molar-refractivity contribution in [2.24, 2.45) is 29.1 Å². The molecular formula is C14H21NO3. The van der Waals surface area contributed by atoms with Crippen LogP contribution in [0.25, 0.3) is 0 Å². The van der Waals surface area contributed by atoms with E-state index in [1.54, 1.807) is 0 Å². The molecule has 0 aromatic carbocycles. The van der Waals surface area contributed by atoms with Crippen LogP contribution in [0.4, 0.5) is 0 Å². The van der Waals surface area contributed by atoms with Gasteiger partial charge in [0.1, 0.15) is 0 Å². The molecule has 3 fully saturated rings. The van der Waals surface area contributed by atoms with Crippen LogP contribution in [0.3, 0.4) is 0 Å². The second-order valence-electron chi connectivity index (χ2n) is 6.82. The standard InChI is InChI=1S/C14H21NO3/c1-14(2)9(10(14)13(17)18)12(16)15-11(7-3-4-7)8-5-6-8/h7-11H,3-6H2,1-2H3,(H,15,16)(H,17,18)/t9-,10+/m1/s1. The number of hydrogen-bond acceptors (Lipinski definition) is 2. The van der Waals surface area contributed by atoms with Crippen molar-refractivity contribution < 1.29 is 14.7 Å². The van der Waals surface area contributed by atoms with Crippen molar-refractivity contribution in [3.63, 3.8) is 0 Å². The summed E-state index contributed by atoms with van der Waals surface area (Å²) in [6, 6.07) is 0.323. The summed E-state index contributed by atoms with van der Waals surface area (Å²) in [4.78, 5) is 23.3. The van der Waals surface area contributed by atoms with Crippen molar-refractivity contribution in [2.75, 3.05) is 0 Å². The average molecular weight is 251 g/mol. The van der Waals surface area contributed by atoms with E-state index in [-0.39, 0.29) is 17.2 Å². The molecule has 0 aromatic rings. The molecule has 0 aliphatic heterocycles. The number of carbonyl (C=O) groups excluding carboxylic acids is 1. The molecule has 1 amide bonds. The molecule has 0 saturated heterocycles. The Morgan fingerprint density at radius 1 is 1.11 bits per heavy atom. The molecule has 0 aromatic heterocycles. The Kier molecular flexibility index (Phi) is 2.48. The first-order valence-electron chi connectivity index (χ1n) is 6.96. The highest BCUT2D eigenvalue weighted by molar-refractivity contribution is 5.91. The Morgan fingerprint density at radius 3 is 1.94 bits per heavy atom. The van der Waals surface area contributed by atoms with Crippen molar-refractivity contribution in [1.29, 1.82) is 0 Å². The summed E-state index contributed by atoms with van der Waals surface area (Å²) in [6.07, 6.45) is 4.88. The minimum Gasteiger partial charge on any atom is -0.481 e. The van der Waals surface area contributed by atoms with E-state index < -0.39 is 11.9 Å². The van der Waals surface area contributed by atoms with Gasteiger partial charge in [-0.05, 0) is 42.9 Å². The molecule has 0 radical (unpaired) electrons. The van der Waals surface area contributed by atoms with Gasteiger partial charge in [-0.15, -0.1) is 0 Å². The molecule has 3 aliphatic rings. The molecule has 2 N–H and O–H groups in total. The number of carboxylic acids is 1. The van der Waals surface area contributed by atoms with Crippen molar-refractivity contribution >= 4 is 11.9 Å². The quantitative estimate of drug-likeness (QED) is 0.780. The number of hydrogen-bond donors (Lipinski definition) is 2. The van der Waals surface area contributed by atoms with Crippen molar-refractivity contribution in [3.05, 3.63) is 0 Å². The summed E-state index contributed by atoms with van der Waals surface area (Å²) < 4.78 is 0. The lowest BCUT2D eigenvalue weighted by molar-refractivity contribution is -0.140. The summed E-state index contributed by atoms with van der Waals surface area (Å²) in [5, 5.41) is 12.2. The minimum absolute atomic E-state index is 0.0313. The van der Waals surface area contributed by atoms with Crippen LogP contribution in [-0.2, 0) is 9.59 Å². The van der Waals surface area contributed by atoms with E-state index in [0.29, 0.717) is 17.9 Å². The zero-order valence-corrected chi connectivity index (χ0v) is 11.0. The molecule has 100 valence electrons. The molecule has 3 aliphatic carbocycles. The highest BCUT2D eigenvalue weighted by atomic mass is 16.4. The van der Waals surface area contributed by atoms with Crippen LogP contribution < -0.4 is 5.32 Å². The fourth-order valence-corrected chi connectivity index (χ4v) is 3.37. The fraction of sp³-hybridized carbons (Fsp3) is 0.857. The monoisotopic (exact) mass is 251 g/mol. The second-order valence-corrected chi connectivity index (χ2v) is 6.82. The number of nitrogens with one attached hydrogen (secondary N) is 1. The van der Waals surface area contributed by atoms with Gasteiger partial charge >= 0.3 is 5.97 Å². The smallest absolute Gasteiger partial charge is 0.307 e. The van der Waals surface area contributed by atoms with Gasteiger partial charge in [0.05, 0.1) is 11.8 Å². The van der Waals surface area contributed by atoms with Gasteiger partial charge in [0.25, 0.3) is 0 Å². The molecule has 0 bridgehead atoms. The Bertz CT molecular complexity index is 384. The van der Waals surface area contributed by atoms with Gasteiger partial charge in [-0.1, -0.05) is 13.8 Å². The first-order chi connectivity index (χ1) is 8.43. The number of amides is 1. The zero-order chi connectivity index (χ0) is 13.1. The van der Waals surface area contributed by atoms with Crippen LogP contribution in [0.5, 0.6) is 0 Å². The highest BCUT2D eigenvalue weighted by Crippen LogP contribution is 2.58. The van der Waals surface area contributed by atoms with Gasteiger partial charge in [0.2, 0.25) is 5.91 Å². The largest absolute Gasteiger partial charge is 0.481 e. The normalized spacial score (nSPS) is 33.3. The lowest BCUT2D eigenvalue weighted by Crippen LogP contribution is -2.40. The van der Waals surface area contributed by atoms with E-state index in [4.69, 9.17) is 5.11 Å². The fourth-order valence-electron chi connectivity index (χ4n) is 3.37. The van der Waals surface area contributed by atoms with Gasteiger partial charge < -0.3 is 10.4 Å². The van der Waals surface area contributed by atoms with Crippen molar-refractivity contribution in [3.8, 4) is 0 Å². The predicted molar refractivity (Wildman–Crippen MR) is 65.8 cm³/mol. The Hall–Kier alpha value is -1.06. The van der Waals surface area contributed by atoms with Gasteiger partial charge in [-0.25, -0.2) is 0 Å². The van der Waals surface area contributed by atoms with E-state index >= 15 is 0 Å². The van der Waals surface area contributed by atoms with Gasteiger partial charge in [-0.2, -0.15) is 0 Å². The lowest BCUT2D eigenvalue weighted by atomic mass is 10.1. The Balaban J connectivity index is 1.63. The van der Waals surface area contributed by atoms with Crippen molar-refractivity contribution in [2.45, 2.75) is 45.6 Å². The van der Waals surface area contributed by atoms with Crippen LogP contribution in [-0.4, -0.2) is 23.0 Å². The third-order valence-corrected chi connectivity index (χ3v) is 4.94.